The van der Waals surface area contributed by atoms with Gasteiger partial charge in [-0.05, 0) is 35.9 Å². The van der Waals surface area contributed by atoms with Crippen molar-refractivity contribution >= 4 is 17.5 Å². The Balaban J connectivity index is 1.03. The van der Waals surface area contributed by atoms with Crippen molar-refractivity contribution in [2.24, 2.45) is 0 Å². The quantitative estimate of drug-likeness (QED) is 0.516. The van der Waals surface area contributed by atoms with E-state index in [2.05, 4.69) is 26.9 Å². The summed E-state index contributed by atoms with van der Waals surface area (Å²) in [6, 6.07) is 20.3. The van der Waals surface area contributed by atoms with Crippen LogP contribution in [0, 0.1) is 0 Å². The lowest BCUT2D eigenvalue weighted by atomic mass is 10.0. The van der Waals surface area contributed by atoms with Gasteiger partial charge in [0.25, 0.3) is 5.91 Å². The minimum atomic E-state index is 0.146. The maximum atomic E-state index is 12.6. The van der Waals surface area contributed by atoms with Crippen LogP contribution in [-0.2, 0) is 13.2 Å². The number of aromatic nitrogens is 1. The summed E-state index contributed by atoms with van der Waals surface area (Å²) in [7, 11) is 0. The highest BCUT2D eigenvalue weighted by molar-refractivity contribution is 6.30. The van der Waals surface area contributed by atoms with Crippen LogP contribution in [0.15, 0.2) is 73.1 Å². The number of carbonyl (C=O) groups excluding carboxylic acids is 1. The molecule has 3 heterocycles. The van der Waals surface area contributed by atoms with Crippen LogP contribution in [0.25, 0.3) is 0 Å². The minimum absolute atomic E-state index is 0.146. The molecule has 34 heavy (non-hydrogen) atoms. The van der Waals surface area contributed by atoms with Gasteiger partial charge in [0.1, 0.15) is 12.4 Å². The second-order valence-corrected chi connectivity index (χ2v) is 9.42. The first kappa shape index (κ1) is 22.8. The minimum Gasteiger partial charge on any atom is -0.489 e. The third-order valence-corrected chi connectivity index (χ3v) is 6.78. The Labute approximate surface area is 205 Å². The maximum absolute atomic E-state index is 12.6. The molecule has 6 nitrogen and oxygen atoms in total. The molecule has 2 aliphatic rings. The highest BCUT2D eigenvalue weighted by atomic mass is 35.5. The van der Waals surface area contributed by atoms with Crippen LogP contribution >= 0.6 is 11.6 Å². The Morgan fingerprint density at radius 1 is 0.941 bits per heavy atom. The molecular weight excluding hydrogens is 448 g/mol. The predicted molar refractivity (Wildman–Crippen MR) is 133 cm³/mol. The average molecular weight is 477 g/mol. The Hall–Kier alpha value is -2.93. The van der Waals surface area contributed by atoms with E-state index in [0.29, 0.717) is 17.7 Å². The van der Waals surface area contributed by atoms with Crippen LogP contribution in [0.2, 0.25) is 5.02 Å². The molecule has 2 aromatic carbocycles. The van der Waals surface area contributed by atoms with Crippen molar-refractivity contribution in [3.8, 4) is 5.75 Å². The van der Waals surface area contributed by atoms with Crippen LogP contribution < -0.4 is 4.74 Å². The van der Waals surface area contributed by atoms with Crippen molar-refractivity contribution in [3.63, 3.8) is 0 Å². The van der Waals surface area contributed by atoms with Crippen molar-refractivity contribution in [1.82, 2.24) is 19.7 Å². The molecule has 2 saturated heterocycles. The van der Waals surface area contributed by atoms with Crippen LogP contribution in [0.3, 0.4) is 0 Å². The second kappa shape index (κ2) is 10.6. The number of ether oxygens (including phenoxy) is 1. The number of piperazine rings is 1. The van der Waals surface area contributed by atoms with Gasteiger partial charge in [-0.2, -0.15) is 0 Å². The van der Waals surface area contributed by atoms with Gasteiger partial charge >= 0.3 is 0 Å². The molecule has 2 fully saturated rings. The molecule has 0 bridgehead atoms. The first-order valence-corrected chi connectivity index (χ1v) is 12.1. The molecule has 0 N–H and O–H groups in total. The van der Waals surface area contributed by atoms with Crippen LogP contribution in [-0.4, -0.2) is 70.9 Å². The largest absolute Gasteiger partial charge is 0.489 e. The predicted octanol–water partition coefficient (Wildman–Crippen LogP) is 3.96. The van der Waals surface area contributed by atoms with E-state index in [1.54, 1.807) is 12.4 Å². The summed E-state index contributed by atoms with van der Waals surface area (Å²) in [6.07, 6.45) is 3.38. The normalized spacial score (nSPS) is 17.4. The lowest BCUT2D eigenvalue weighted by molar-refractivity contribution is 0.00257. The molecule has 0 spiro atoms. The van der Waals surface area contributed by atoms with Gasteiger partial charge in [0.2, 0.25) is 0 Å². The van der Waals surface area contributed by atoms with E-state index in [-0.39, 0.29) is 5.91 Å². The number of carbonyl (C=O) groups is 1. The number of benzene rings is 2. The van der Waals surface area contributed by atoms with Crippen molar-refractivity contribution in [2.75, 3.05) is 39.3 Å². The molecule has 176 valence electrons. The van der Waals surface area contributed by atoms with E-state index in [4.69, 9.17) is 16.3 Å². The van der Waals surface area contributed by atoms with E-state index >= 15 is 0 Å². The number of hydrogen-bond donors (Lipinski definition) is 0. The van der Waals surface area contributed by atoms with Gasteiger partial charge in [-0.15, -0.1) is 0 Å². The maximum Gasteiger partial charge on any atom is 0.253 e. The van der Waals surface area contributed by atoms with E-state index in [9.17, 15) is 4.79 Å². The fraction of sp³-hybridized carbons (Fsp3) is 0.333. The fourth-order valence-electron chi connectivity index (χ4n) is 4.61. The topological polar surface area (TPSA) is 48.9 Å². The Kier molecular flexibility index (Phi) is 7.09. The number of rotatable bonds is 7. The molecule has 0 aliphatic carbocycles. The molecule has 1 aromatic heterocycles. The number of hydrogen-bond acceptors (Lipinski definition) is 5. The summed E-state index contributed by atoms with van der Waals surface area (Å²) in [6.45, 7) is 7.05. The van der Waals surface area contributed by atoms with E-state index in [1.165, 1.54) is 5.56 Å². The summed E-state index contributed by atoms with van der Waals surface area (Å²) in [5, 5.41) is 0.617. The number of halogens is 1. The van der Waals surface area contributed by atoms with E-state index in [0.717, 1.165) is 62.7 Å². The molecular formula is C27H29ClN4O2. The van der Waals surface area contributed by atoms with E-state index < -0.39 is 0 Å². The van der Waals surface area contributed by atoms with Gasteiger partial charge in [0.05, 0.1) is 5.02 Å². The summed E-state index contributed by atoms with van der Waals surface area (Å²) in [5.74, 6) is 0.986. The van der Waals surface area contributed by atoms with Crippen LogP contribution in [0.5, 0.6) is 5.75 Å². The molecule has 0 radical (unpaired) electrons. The number of likely N-dealkylation sites (tertiary alicyclic amines) is 1. The lowest BCUT2D eigenvalue weighted by Gasteiger charge is -2.48. The van der Waals surface area contributed by atoms with Gasteiger partial charge in [0.15, 0.2) is 0 Å². The first-order chi connectivity index (χ1) is 16.6. The SMILES string of the molecule is O=C(c1ccccc1)N1CCN(C2CN(Cc3ccc(OCc4cncc(Cl)c4)cc3)C2)CC1. The zero-order valence-corrected chi connectivity index (χ0v) is 19.9. The molecule has 1 amide bonds. The molecule has 0 saturated carbocycles. The van der Waals surface area contributed by atoms with Gasteiger partial charge in [0, 0.05) is 75.4 Å². The summed E-state index contributed by atoms with van der Waals surface area (Å²) in [5.41, 5.74) is 3.02. The van der Waals surface area contributed by atoms with Gasteiger partial charge in [-0.3, -0.25) is 19.6 Å². The van der Waals surface area contributed by atoms with Gasteiger partial charge < -0.3 is 9.64 Å². The van der Waals surface area contributed by atoms with E-state index in [1.807, 2.05) is 53.4 Å². The molecule has 7 heteroatoms. The molecule has 0 atom stereocenters. The van der Waals surface area contributed by atoms with Crippen LogP contribution in [0.1, 0.15) is 21.5 Å². The smallest absolute Gasteiger partial charge is 0.253 e. The van der Waals surface area contributed by atoms with Crippen molar-refractivity contribution in [3.05, 3.63) is 94.8 Å². The lowest BCUT2D eigenvalue weighted by Crippen LogP contribution is -2.63. The molecule has 0 unspecified atom stereocenters. The Morgan fingerprint density at radius 3 is 2.38 bits per heavy atom. The standard InChI is InChI=1S/C27H29ClN4O2/c28-24-14-22(15-29-16-24)20-34-26-8-6-21(7-9-26)17-30-18-25(19-30)31-10-12-32(13-11-31)27(33)23-4-2-1-3-5-23/h1-9,14-16,25H,10-13,17-20H2. The monoisotopic (exact) mass is 476 g/mol. The van der Waals surface area contributed by atoms with Crippen molar-refractivity contribution in [2.45, 2.75) is 19.2 Å². The summed E-state index contributed by atoms with van der Waals surface area (Å²) in [4.78, 5) is 23.7. The summed E-state index contributed by atoms with van der Waals surface area (Å²) >= 11 is 5.98. The Morgan fingerprint density at radius 2 is 1.68 bits per heavy atom. The van der Waals surface area contributed by atoms with Gasteiger partial charge in [-0.25, -0.2) is 0 Å². The molecule has 5 rings (SSSR count). The zero-order valence-electron chi connectivity index (χ0n) is 19.1. The number of pyridine rings is 1. The van der Waals surface area contributed by atoms with Gasteiger partial charge in [-0.1, -0.05) is 41.9 Å². The summed E-state index contributed by atoms with van der Waals surface area (Å²) < 4.78 is 5.85. The number of nitrogens with zero attached hydrogens (tertiary/aromatic N) is 4. The second-order valence-electron chi connectivity index (χ2n) is 8.99. The van der Waals surface area contributed by atoms with Crippen LogP contribution in [0.4, 0.5) is 0 Å². The molecule has 3 aromatic rings. The highest BCUT2D eigenvalue weighted by Gasteiger charge is 2.34. The number of amides is 1. The first-order valence-electron chi connectivity index (χ1n) is 11.8. The fourth-order valence-corrected chi connectivity index (χ4v) is 4.80. The average Bonchev–Trinajstić information content (AvgIpc) is 2.86. The third kappa shape index (κ3) is 5.58. The zero-order chi connectivity index (χ0) is 23.3. The molecule has 2 aliphatic heterocycles. The third-order valence-electron chi connectivity index (χ3n) is 6.57. The Bertz CT molecular complexity index is 1100. The highest BCUT2D eigenvalue weighted by Crippen LogP contribution is 2.22. The van der Waals surface area contributed by atoms with Crippen molar-refractivity contribution in [1.29, 1.82) is 0 Å². The van der Waals surface area contributed by atoms with Crippen molar-refractivity contribution < 1.29 is 9.53 Å².